The summed E-state index contributed by atoms with van der Waals surface area (Å²) in [5.74, 6) is 0.872. The van der Waals surface area contributed by atoms with E-state index in [0.717, 1.165) is 31.0 Å². The summed E-state index contributed by atoms with van der Waals surface area (Å²) >= 11 is 0. The first-order valence-corrected chi connectivity index (χ1v) is 8.33. The van der Waals surface area contributed by atoms with E-state index in [-0.39, 0.29) is 12.5 Å². The third-order valence-corrected chi connectivity index (χ3v) is 4.42. The van der Waals surface area contributed by atoms with Gasteiger partial charge in [-0.3, -0.25) is 9.69 Å². The Balaban J connectivity index is 1.66. The molecule has 1 aliphatic heterocycles. The number of aryl methyl sites for hydroxylation is 1. The van der Waals surface area contributed by atoms with Gasteiger partial charge in [0.05, 0.1) is 6.61 Å². The second kappa shape index (κ2) is 7.55. The number of hydrogen-bond acceptors (Lipinski definition) is 5. The number of nitrogens with zero attached hydrogens (tertiary/aromatic N) is 5. The smallest absolute Gasteiger partial charge is 0.253 e. The number of rotatable bonds is 5. The zero-order chi connectivity index (χ0) is 16.9. The van der Waals surface area contributed by atoms with E-state index in [0.29, 0.717) is 25.2 Å². The van der Waals surface area contributed by atoms with Crippen molar-refractivity contribution in [1.29, 1.82) is 0 Å². The molecule has 0 spiro atoms. The largest absolute Gasteiger partial charge is 0.395 e. The monoisotopic (exact) mass is 329 g/mol. The minimum atomic E-state index is 0.0576. The van der Waals surface area contributed by atoms with Crippen molar-refractivity contribution in [3.63, 3.8) is 0 Å². The first kappa shape index (κ1) is 16.6. The molecule has 3 rings (SSSR count). The number of aromatic nitrogens is 3. The summed E-state index contributed by atoms with van der Waals surface area (Å²) in [5.41, 5.74) is 1.65. The number of hydrogen-bond donors (Lipinski definition) is 1. The fourth-order valence-electron chi connectivity index (χ4n) is 2.97. The highest BCUT2D eigenvalue weighted by molar-refractivity contribution is 5.94. The first-order chi connectivity index (χ1) is 11.7. The molecule has 0 bridgehead atoms. The highest BCUT2D eigenvalue weighted by Crippen LogP contribution is 2.18. The van der Waals surface area contributed by atoms with Gasteiger partial charge in [0, 0.05) is 50.4 Å². The minimum absolute atomic E-state index is 0.0576. The summed E-state index contributed by atoms with van der Waals surface area (Å²) in [4.78, 5) is 16.7. The Morgan fingerprint density at radius 2 is 1.88 bits per heavy atom. The predicted molar refractivity (Wildman–Crippen MR) is 90.6 cm³/mol. The Bertz CT molecular complexity index is 675. The van der Waals surface area contributed by atoms with Crippen LogP contribution in [0.25, 0.3) is 11.4 Å². The van der Waals surface area contributed by atoms with E-state index in [9.17, 15) is 4.79 Å². The molecule has 0 aliphatic carbocycles. The standard InChI is InChI=1S/C17H23N5O2/c1-2-21-13-18-19-16(21)14-3-5-15(6-4-14)17(24)22-9-7-20(8-10-22)11-12-23/h3-6,13,23H,2,7-12H2,1H3. The molecule has 7 heteroatoms. The Morgan fingerprint density at radius 1 is 1.17 bits per heavy atom. The Hall–Kier alpha value is -2.25. The molecule has 2 heterocycles. The summed E-state index contributed by atoms with van der Waals surface area (Å²) in [6, 6.07) is 7.55. The van der Waals surface area contributed by atoms with Crippen LogP contribution in [-0.2, 0) is 6.54 Å². The predicted octanol–water partition coefficient (Wildman–Crippen LogP) is 0.715. The molecule has 0 saturated carbocycles. The van der Waals surface area contributed by atoms with Crippen molar-refractivity contribution in [3.05, 3.63) is 36.2 Å². The molecular weight excluding hydrogens is 306 g/mol. The average Bonchev–Trinajstić information content (AvgIpc) is 3.11. The Kier molecular flexibility index (Phi) is 5.22. The van der Waals surface area contributed by atoms with Crippen molar-refractivity contribution in [2.45, 2.75) is 13.5 Å². The first-order valence-electron chi connectivity index (χ1n) is 8.33. The van der Waals surface area contributed by atoms with Crippen LogP contribution in [0.3, 0.4) is 0 Å². The molecule has 128 valence electrons. The van der Waals surface area contributed by atoms with E-state index in [4.69, 9.17) is 5.11 Å². The SMILES string of the molecule is CCn1cnnc1-c1ccc(C(=O)N2CCN(CCO)CC2)cc1. The Labute approximate surface area is 141 Å². The summed E-state index contributed by atoms with van der Waals surface area (Å²) in [6.07, 6.45) is 1.71. The third kappa shape index (κ3) is 3.47. The minimum Gasteiger partial charge on any atom is -0.395 e. The van der Waals surface area contributed by atoms with Gasteiger partial charge in [-0.25, -0.2) is 0 Å². The van der Waals surface area contributed by atoms with Crippen molar-refractivity contribution in [1.82, 2.24) is 24.6 Å². The molecule has 1 aliphatic rings. The molecule has 1 aromatic carbocycles. The van der Waals surface area contributed by atoms with Gasteiger partial charge in [0.15, 0.2) is 5.82 Å². The number of carbonyl (C=O) groups excluding carboxylic acids is 1. The number of aliphatic hydroxyl groups is 1. The zero-order valence-electron chi connectivity index (χ0n) is 13.9. The summed E-state index contributed by atoms with van der Waals surface area (Å²) < 4.78 is 1.97. The van der Waals surface area contributed by atoms with Crippen LogP contribution in [0.5, 0.6) is 0 Å². The lowest BCUT2D eigenvalue weighted by Crippen LogP contribution is -2.49. The fourth-order valence-corrected chi connectivity index (χ4v) is 2.97. The molecule has 0 atom stereocenters. The number of amides is 1. The van der Waals surface area contributed by atoms with Crippen molar-refractivity contribution in [2.24, 2.45) is 0 Å². The number of carbonyl (C=O) groups is 1. The van der Waals surface area contributed by atoms with E-state index in [1.54, 1.807) is 6.33 Å². The molecule has 1 N–H and O–H groups in total. The highest BCUT2D eigenvalue weighted by atomic mass is 16.3. The van der Waals surface area contributed by atoms with Gasteiger partial charge in [0.25, 0.3) is 5.91 Å². The summed E-state index contributed by atoms with van der Waals surface area (Å²) in [5, 5.41) is 17.1. The van der Waals surface area contributed by atoms with Gasteiger partial charge in [-0.05, 0) is 19.1 Å². The van der Waals surface area contributed by atoms with Gasteiger partial charge < -0.3 is 14.6 Å². The summed E-state index contributed by atoms with van der Waals surface area (Å²) in [6.45, 7) is 6.71. The van der Waals surface area contributed by atoms with Gasteiger partial charge in [-0.15, -0.1) is 10.2 Å². The molecule has 1 amide bonds. The van der Waals surface area contributed by atoms with Crippen LogP contribution in [-0.4, -0.2) is 74.9 Å². The Morgan fingerprint density at radius 3 is 2.50 bits per heavy atom. The molecule has 2 aromatic rings. The topological polar surface area (TPSA) is 74.5 Å². The van der Waals surface area contributed by atoms with Gasteiger partial charge >= 0.3 is 0 Å². The van der Waals surface area contributed by atoms with Crippen molar-refractivity contribution < 1.29 is 9.90 Å². The second-order valence-electron chi connectivity index (χ2n) is 5.88. The lowest BCUT2D eigenvalue weighted by molar-refractivity contribution is 0.0615. The van der Waals surface area contributed by atoms with Crippen LogP contribution < -0.4 is 0 Å². The highest BCUT2D eigenvalue weighted by Gasteiger charge is 2.21. The maximum atomic E-state index is 12.6. The fraction of sp³-hybridized carbons (Fsp3) is 0.471. The number of benzene rings is 1. The van der Waals surface area contributed by atoms with Crippen LogP contribution in [0.1, 0.15) is 17.3 Å². The molecule has 7 nitrogen and oxygen atoms in total. The van der Waals surface area contributed by atoms with Gasteiger partial charge in [-0.1, -0.05) is 12.1 Å². The van der Waals surface area contributed by atoms with Crippen molar-refractivity contribution >= 4 is 5.91 Å². The molecule has 0 radical (unpaired) electrons. The maximum absolute atomic E-state index is 12.6. The van der Waals surface area contributed by atoms with Crippen LogP contribution >= 0.6 is 0 Å². The lowest BCUT2D eigenvalue weighted by atomic mass is 10.1. The van der Waals surface area contributed by atoms with E-state index in [1.807, 2.05) is 40.7 Å². The van der Waals surface area contributed by atoms with Crippen molar-refractivity contribution in [3.8, 4) is 11.4 Å². The van der Waals surface area contributed by atoms with Crippen LogP contribution in [0.4, 0.5) is 0 Å². The average molecular weight is 329 g/mol. The molecule has 1 saturated heterocycles. The second-order valence-corrected chi connectivity index (χ2v) is 5.88. The molecular formula is C17H23N5O2. The van der Waals surface area contributed by atoms with Crippen LogP contribution in [0.15, 0.2) is 30.6 Å². The maximum Gasteiger partial charge on any atom is 0.253 e. The molecule has 1 fully saturated rings. The van der Waals surface area contributed by atoms with Crippen LogP contribution in [0.2, 0.25) is 0 Å². The zero-order valence-corrected chi connectivity index (χ0v) is 13.9. The van der Waals surface area contributed by atoms with E-state index < -0.39 is 0 Å². The normalized spacial score (nSPS) is 15.7. The van der Waals surface area contributed by atoms with Gasteiger partial charge in [0.1, 0.15) is 6.33 Å². The lowest BCUT2D eigenvalue weighted by Gasteiger charge is -2.34. The third-order valence-electron chi connectivity index (χ3n) is 4.42. The molecule has 0 unspecified atom stereocenters. The van der Waals surface area contributed by atoms with E-state index in [1.165, 1.54) is 0 Å². The molecule has 1 aromatic heterocycles. The van der Waals surface area contributed by atoms with Crippen molar-refractivity contribution in [2.75, 3.05) is 39.3 Å². The van der Waals surface area contributed by atoms with Gasteiger partial charge in [-0.2, -0.15) is 0 Å². The number of β-amino-alcohol motifs (C(OH)–C–C–N with tert-alkyl or cyclic N) is 1. The molecule has 24 heavy (non-hydrogen) atoms. The van der Waals surface area contributed by atoms with E-state index >= 15 is 0 Å². The van der Waals surface area contributed by atoms with Crippen LogP contribution in [0, 0.1) is 0 Å². The summed E-state index contributed by atoms with van der Waals surface area (Å²) in [7, 11) is 0. The quantitative estimate of drug-likeness (QED) is 0.875. The van der Waals surface area contributed by atoms with Gasteiger partial charge in [0.2, 0.25) is 0 Å². The van der Waals surface area contributed by atoms with E-state index in [2.05, 4.69) is 15.1 Å². The number of piperazine rings is 1. The number of aliphatic hydroxyl groups excluding tert-OH is 1.